The smallest absolute Gasteiger partial charge is 0.507 e. The Morgan fingerprint density at radius 3 is 2.38 bits per heavy atom. The quantitative estimate of drug-likeness (QED) is 0.423. The lowest BCUT2D eigenvalue weighted by Gasteiger charge is -2.18. The number of hydrogen-bond acceptors (Lipinski definition) is 2. The summed E-state index contributed by atoms with van der Waals surface area (Å²) in [4.78, 5) is 0. The van der Waals surface area contributed by atoms with Crippen molar-refractivity contribution >= 4 is 47.1 Å². The Bertz CT molecular complexity index is 254. The van der Waals surface area contributed by atoms with Crippen LogP contribution in [0.15, 0.2) is 30.3 Å². The van der Waals surface area contributed by atoms with Gasteiger partial charge in [-0.3, -0.25) is 0 Å². The fourth-order valence-corrected chi connectivity index (χ4v) is 5.02. The third kappa shape index (κ3) is 4.61. The average molecular weight is 420 g/mol. The van der Waals surface area contributed by atoms with E-state index in [2.05, 4.69) is 43.6 Å². The number of para-hydroxylation sites is 1. The van der Waals surface area contributed by atoms with Gasteiger partial charge in [-0.05, 0) is 62.7 Å². The average Bonchev–Trinajstić information content (AvgIpc) is 2.04. The van der Waals surface area contributed by atoms with E-state index >= 15 is 0 Å². The minimum Gasteiger partial charge on any atom is -0.507 e. The molecule has 0 unspecified atom stereocenters. The molecule has 0 bridgehead atoms. The summed E-state index contributed by atoms with van der Waals surface area (Å²) in [6.45, 7) is 2.68. The van der Waals surface area contributed by atoms with E-state index in [4.69, 9.17) is 8.85 Å². The normalized spacial score (nSPS) is 11.3. The molecule has 0 aliphatic carbocycles. The van der Waals surface area contributed by atoms with E-state index < -0.39 is 3.55 Å². The summed E-state index contributed by atoms with van der Waals surface area (Å²) in [7, 11) is 0. The maximum absolute atomic E-state index is 5.73. The van der Waals surface area contributed by atoms with Gasteiger partial charge in [0.25, 0.3) is 0 Å². The van der Waals surface area contributed by atoms with Crippen LogP contribution in [0.3, 0.4) is 0 Å². The number of benzene rings is 1. The highest BCUT2D eigenvalue weighted by Crippen LogP contribution is 2.27. The van der Waals surface area contributed by atoms with Crippen LogP contribution in [-0.2, 0) is 4.43 Å². The monoisotopic (exact) mass is 420 g/mol. The highest BCUT2D eigenvalue weighted by molar-refractivity contribution is 14.3. The lowest BCUT2D eigenvalue weighted by atomic mass is 10.3. The first-order valence-corrected chi connectivity index (χ1v) is 11.9. The van der Waals surface area contributed by atoms with Crippen molar-refractivity contribution in [3.63, 3.8) is 0 Å². The van der Waals surface area contributed by atoms with Crippen molar-refractivity contribution in [1.82, 2.24) is 0 Å². The molecular weight excluding hydrogens is 410 g/mol. The molecule has 0 atom stereocenters. The molecule has 0 amide bonds. The van der Waals surface area contributed by atoms with Gasteiger partial charge in [0, 0.05) is 6.61 Å². The molecule has 0 saturated heterocycles. The lowest BCUT2D eigenvalue weighted by Crippen LogP contribution is -2.31. The summed E-state index contributed by atoms with van der Waals surface area (Å²) in [5.74, 6) is 0.881. The summed E-state index contributed by atoms with van der Waals surface area (Å²) in [6.07, 6.45) is 0. The Morgan fingerprint density at radius 1 is 1.23 bits per heavy atom. The molecule has 0 heterocycles. The van der Waals surface area contributed by atoms with Crippen molar-refractivity contribution in [3.05, 3.63) is 30.3 Å². The highest BCUT2D eigenvalue weighted by atomic mass is 127. The first kappa shape index (κ1) is 11.7. The molecule has 72 valence electrons. The van der Waals surface area contributed by atoms with Crippen LogP contribution < -0.4 is 4.43 Å². The van der Waals surface area contributed by atoms with Crippen molar-refractivity contribution in [2.75, 3.05) is 6.61 Å². The van der Waals surface area contributed by atoms with Crippen LogP contribution in [0.25, 0.3) is 0 Å². The zero-order valence-electron chi connectivity index (χ0n) is 7.17. The Morgan fingerprint density at radius 2 is 1.85 bits per heavy atom. The molecule has 5 heteroatoms. The van der Waals surface area contributed by atoms with E-state index in [1.807, 2.05) is 37.3 Å². The molecule has 1 rings (SSSR count). The van der Waals surface area contributed by atoms with E-state index in [0.717, 1.165) is 5.75 Å². The van der Waals surface area contributed by atoms with Crippen LogP contribution in [0.1, 0.15) is 6.92 Å². The van der Waals surface area contributed by atoms with Gasteiger partial charge in [0.05, 0.1) is 0 Å². The number of halogens is 2. The molecule has 1 aromatic rings. The Labute approximate surface area is 105 Å². The third-order valence-electron chi connectivity index (χ3n) is 1.29. The van der Waals surface area contributed by atoms with Crippen LogP contribution in [-0.4, -0.2) is 10.2 Å². The summed E-state index contributed by atoms with van der Waals surface area (Å²) in [5, 5.41) is 0. The standard InChI is InChI=1S/C8H10I2O2Si/c1-2-11-13(9,10)12-8-6-4-3-5-7-8/h3-7H,2H2,1H3. The van der Waals surface area contributed by atoms with Gasteiger partial charge in [-0.15, -0.1) is 0 Å². The molecule has 0 aliphatic heterocycles. The second kappa shape index (κ2) is 5.52. The molecule has 0 radical (unpaired) electrons. The maximum Gasteiger partial charge on any atom is 0.537 e. The van der Waals surface area contributed by atoms with E-state index in [1.165, 1.54) is 0 Å². The van der Waals surface area contributed by atoms with Crippen LogP contribution >= 0.6 is 43.6 Å². The minimum absolute atomic E-state index is 0.699. The molecule has 13 heavy (non-hydrogen) atoms. The zero-order chi connectivity index (χ0) is 9.73. The first-order chi connectivity index (χ1) is 6.14. The second-order valence-corrected chi connectivity index (χ2v) is 18.4. The Hall–Kier alpha value is 0.657. The largest absolute Gasteiger partial charge is 0.537 e. The predicted octanol–water partition coefficient (Wildman–Crippen LogP) is 3.41. The predicted molar refractivity (Wildman–Crippen MR) is 72.5 cm³/mol. The van der Waals surface area contributed by atoms with Gasteiger partial charge in [0.15, 0.2) is 0 Å². The Kier molecular flexibility index (Phi) is 4.98. The van der Waals surface area contributed by atoms with E-state index in [0.29, 0.717) is 6.61 Å². The van der Waals surface area contributed by atoms with Crippen molar-refractivity contribution in [3.8, 4) is 5.75 Å². The van der Waals surface area contributed by atoms with Gasteiger partial charge < -0.3 is 8.85 Å². The van der Waals surface area contributed by atoms with Gasteiger partial charge in [-0.2, -0.15) is 0 Å². The van der Waals surface area contributed by atoms with E-state index in [-0.39, 0.29) is 0 Å². The second-order valence-electron chi connectivity index (χ2n) is 2.31. The van der Waals surface area contributed by atoms with Crippen molar-refractivity contribution < 1.29 is 8.85 Å². The molecule has 0 saturated carbocycles. The molecule has 0 N–H and O–H groups in total. The highest BCUT2D eigenvalue weighted by Gasteiger charge is 2.32. The minimum atomic E-state index is -2.00. The topological polar surface area (TPSA) is 18.5 Å². The third-order valence-corrected chi connectivity index (χ3v) is 5.58. The fraction of sp³-hybridized carbons (Fsp3) is 0.250. The summed E-state index contributed by atoms with van der Waals surface area (Å²) >= 11 is 4.52. The van der Waals surface area contributed by atoms with Crippen LogP contribution in [0.2, 0.25) is 0 Å². The lowest BCUT2D eigenvalue weighted by molar-refractivity contribution is 0.301. The molecule has 1 aromatic carbocycles. The van der Waals surface area contributed by atoms with Gasteiger partial charge >= 0.3 is 3.55 Å². The molecule has 0 aliphatic rings. The molecule has 0 aromatic heterocycles. The van der Waals surface area contributed by atoms with Gasteiger partial charge in [0.1, 0.15) is 5.75 Å². The fourth-order valence-electron chi connectivity index (χ4n) is 0.823. The Balaban J connectivity index is 2.58. The molecule has 2 nitrogen and oxygen atoms in total. The zero-order valence-corrected chi connectivity index (χ0v) is 12.5. The summed E-state index contributed by atoms with van der Waals surface area (Å²) in [5.41, 5.74) is 0. The van der Waals surface area contributed by atoms with Gasteiger partial charge in [-0.1, -0.05) is 18.2 Å². The van der Waals surface area contributed by atoms with Crippen molar-refractivity contribution in [2.45, 2.75) is 6.92 Å². The first-order valence-electron chi connectivity index (χ1n) is 3.90. The molecular formula is C8H10I2O2Si. The van der Waals surface area contributed by atoms with Crippen LogP contribution in [0.5, 0.6) is 5.75 Å². The summed E-state index contributed by atoms with van der Waals surface area (Å²) in [6, 6.07) is 9.77. The van der Waals surface area contributed by atoms with Crippen LogP contribution in [0, 0.1) is 0 Å². The van der Waals surface area contributed by atoms with Gasteiger partial charge in [0.2, 0.25) is 0 Å². The summed E-state index contributed by atoms with van der Waals surface area (Å²) < 4.78 is 9.25. The van der Waals surface area contributed by atoms with Gasteiger partial charge in [-0.25, -0.2) is 0 Å². The van der Waals surface area contributed by atoms with Crippen LogP contribution in [0.4, 0.5) is 0 Å². The van der Waals surface area contributed by atoms with Crippen molar-refractivity contribution in [1.29, 1.82) is 0 Å². The number of hydrogen-bond donors (Lipinski definition) is 0. The molecule has 0 fully saturated rings. The maximum atomic E-state index is 5.73. The SMILES string of the molecule is CCO[Si](I)(I)Oc1ccccc1. The molecule has 0 spiro atoms. The van der Waals surface area contributed by atoms with E-state index in [9.17, 15) is 0 Å². The van der Waals surface area contributed by atoms with Crippen molar-refractivity contribution in [2.24, 2.45) is 0 Å². The number of rotatable bonds is 4. The van der Waals surface area contributed by atoms with E-state index in [1.54, 1.807) is 0 Å².